The molecule has 2 heteroatoms. The van der Waals surface area contributed by atoms with Crippen molar-refractivity contribution in [3.8, 4) is 50.2 Å². The van der Waals surface area contributed by atoms with Gasteiger partial charge in [-0.05, 0) is 128 Å². The van der Waals surface area contributed by atoms with Gasteiger partial charge in [-0.2, -0.15) is 0 Å². The molecule has 0 atom stereocenters. The SMILES string of the molecule is CC1(C)c2ccccc2-c2ccc(N(c3ccc(-c4cccc(-c5ccccc5)c4)cc3)c3cccc(-c4ccc5c(c4)c4ccccc4n5-c4ccccc4)c3)cc21. The maximum atomic E-state index is 2.42. The van der Waals surface area contributed by atoms with Crippen molar-refractivity contribution in [2.24, 2.45) is 0 Å². The van der Waals surface area contributed by atoms with E-state index < -0.39 is 0 Å². The van der Waals surface area contributed by atoms with E-state index >= 15 is 0 Å². The Morgan fingerprint density at radius 3 is 1.68 bits per heavy atom. The lowest BCUT2D eigenvalue weighted by Crippen LogP contribution is -2.16. The quantitative estimate of drug-likeness (QED) is 0.157. The van der Waals surface area contributed by atoms with Crippen molar-refractivity contribution in [2.75, 3.05) is 4.90 Å². The summed E-state index contributed by atoms with van der Waals surface area (Å²) in [7, 11) is 0. The van der Waals surface area contributed by atoms with Crippen LogP contribution in [0.1, 0.15) is 25.0 Å². The second-order valence-electron chi connectivity index (χ2n) is 16.2. The van der Waals surface area contributed by atoms with Crippen molar-refractivity contribution in [2.45, 2.75) is 19.3 Å². The molecular formula is C57H42N2. The number of anilines is 3. The molecule has 1 aliphatic carbocycles. The molecule has 0 aliphatic heterocycles. The monoisotopic (exact) mass is 754 g/mol. The van der Waals surface area contributed by atoms with Gasteiger partial charge < -0.3 is 9.47 Å². The average molecular weight is 755 g/mol. The van der Waals surface area contributed by atoms with Crippen LogP contribution in [0.3, 0.4) is 0 Å². The summed E-state index contributed by atoms with van der Waals surface area (Å²) in [4.78, 5) is 2.42. The van der Waals surface area contributed by atoms with E-state index in [0.29, 0.717) is 0 Å². The van der Waals surface area contributed by atoms with E-state index in [1.54, 1.807) is 0 Å². The van der Waals surface area contributed by atoms with Crippen LogP contribution in [0.4, 0.5) is 17.1 Å². The van der Waals surface area contributed by atoms with E-state index in [-0.39, 0.29) is 5.41 Å². The molecule has 0 saturated carbocycles. The molecule has 0 radical (unpaired) electrons. The van der Waals surface area contributed by atoms with Crippen LogP contribution in [0, 0.1) is 0 Å². The molecule has 0 amide bonds. The standard InChI is InChI=1S/C57H42N2/c1-57(2)53-25-11-9-23-49(53)50-33-32-48(38-54(50)57)58(46-30-27-40(28-31-46)42-18-13-17-41(35-42)39-15-5-3-6-16-39)47-22-14-19-43(36-47)44-29-34-56-52(37-44)51-24-10-12-26-55(51)59(56)45-20-7-4-8-21-45/h3-38H,1-2H3. The Labute approximate surface area is 345 Å². The van der Waals surface area contributed by atoms with E-state index in [2.05, 4.69) is 242 Å². The number of benzene rings is 9. The van der Waals surface area contributed by atoms with Crippen LogP contribution >= 0.6 is 0 Å². The Balaban J connectivity index is 1.03. The molecule has 10 aromatic rings. The molecule has 0 unspecified atom stereocenters. The fraction of sp³-hybridized carbons (Fsp3) is 0.0526. The summed E-state index contributed by atoms with van der Waals surface area (Å²) in [5, 5.41) is 2.50. The van der Waals surface area contributed by atoms with Gasteiger partial charge in [-0.3, -0.25) is 0 Å². The van der Waals surface area contributed by atoms with Gasteiger partial charge in [0.25, 0.3) is 0 Å². The highest BCUT2D eigenvalue weighted by molar-refractivity contribution is 6.10. The van der Waals surface area contributed by atoms with Crippen LogP contribution in [0.2, 0.25) is 0 Å². The number of hydrogen-bond acceptors (Lipinski definition) is 1. The lowest BCUT2D eigenvalue weighted by molar-refractivity contribution is 0.660. The van der Waals surface area contributed by atoms with Gasteiger partial charge in [-0.15, -0.1) is 0 Å². The fourth-order valence-electron chi connectivity index (χ4n) is 9.42. The minimum atomic E-state index is -0.114. The second kappa shape index (κ2) is 13.9. The topological polar surface area (TPSA) is 8.17 Å². The zero-order valence-electron chi connectivity index (χ0n) is 33.2. The third kappa shape index (κ3) is 5.87. The molecule has 2 nitrogen and oxygen atoms in total. The predicted molar refractivity (Wildman–Crippen MR) is 249 cm³/mol. The zero-order chi connectivity index (χ0) is 39.5. The van der Waals surface area contributed by atoms with Crippen molar-refractivity contribution in [3.05, 3.63) is 230 Å². The first-order chi connectivity index (χ1) is 29.0. The first kappa shape index (κ1) is 34.8. The molecule has 9 aromatic carbocycles. The van der Waals surface area contributed by atoms with E-state index in [9.17, 15) is 0 Å². The summed E-state index contributed by atoms with van der Waals surface area (Å²) < 4.78 is 2.38. The van der Waals surface area contributed by atoms with Crippen LogP contribution < -0.4 is 4.90 Å². The van der Waals surface area contributed by atoms with Gasteiger partial charge in [0.05, 0.1) is 11.0 Å². The first-order valence-corrected chi connectivity index (χ1v) is 20.5. The summed E-state index contributed by atoms with van der Waals surface area (Å²) in [5.41, 5.74) is 19.4. The Hall–Kier alpha value is -7.42. The van der Waals surface area contributed by atoms with Crippen molar-refractivity contribution in [3.63, 3.8) is 0 Å². The molecule has 0 spiro atoms. The van der Waals surface area contributed by atoms with Crippen LogP contribution in [0.25, 0.3) is 72.0 Å². The van der Waals surface area contributed by atoms with Crippen molar-refractivity contribution in [1.29, 1.82) is 0 Å². The molecule has 59 heavy (non-hydrogen) atoms. The minimum Gasteiger partial charge on any atom is -0.310 e. The molecular weight excluding hydrogens is 713 g/mol. The number of rotatable bonds is 7. The summed E-state index contributed by atoms with van der Waals surface area (Å²) in [6.45, 7) is 4.71. The molecule has 1 aliphatic rings. The number of fused-ring (bicyclic) bond motifs is 6. The number of hydrogen-bond donors (Lipinski definition) is 0. The maximum Gasteiger partial charge on any atom is 0.0541 e. The average Bonchev–Trinajstić information content (AvgIpc) is 3.75. The lowest BCUT2D eigenvalue weighted by Gasteiger charge is -2.28. The Morgan fingerprint density at radius 1 is 0.339 bits per heavy atom. The van der Waals surface area contributed by atoms with Gasteiger partial charge in [0.1, 0.15) is 0 Å². The largest absolute Gasteiger partial charge is 0.310 e. The normalized spacial score (nSPS) is 12.7. The number of aromatic nitrogens is 1. The van der Waals surface area contributed by atoms with E-state index in [1.165, 1.54) is 83.1 Å². The Kier molecular flexibility index (Phi) is 8.20. The third-order valence-corrected chi connectivity index (χ3v) is 12.4. The molecule has 1 heterocycles. The molecule has 280 valence electrons. The smallest absolute Gasteiger partial charge is 0.0541 e. The molecule has 0 bridgehead atoms. The van der Waals surface area contributed by atoms with Crippen LogP contribution in [0.5, 0.6) is 0 Å². The molecule has 0 fully saturated rings. The van der Waals surface area contributed by atoms with Crippen LogP contribution in [0.15, 0.2) is 218 Å². The second-order valence-corrected chi connectivity index (χ2v) is 16.2. The molecule has 0 saturated heterocycles. The number of nitrogens with zero attached hydrogens (tertiary/aromatic N) is 2. The predicted octanol–water partition coefficient (Wildman–Crippen LogP) is 15.6. The highest BCUT2D eigenvalue weighted by Crippen LogP contribution is 2.51. The summed E-state index contributed by atoms with van der Waals surface area (Å²) in [5.74, 6) is 0. The van der Waals surface area contributed by atoms with Gasteiger partial charge >= 0.3 is 0 Å². The number of para-hydroxylation sites is 2. The summed E-state index contributed by atoms with van der Waals surface area (Å²) in [6, 6.07) is 79.8. The van der Waals surface area contributed by atoms with E-state index in [1.807, 2.05) is 0 Å². The molecule has 0 N–H and O–H groups in total. The van der Waals surface area contributed by atoms with Gasteiger partial charge in [0.15, 0.2) is 0 Å². The van der Waals surface area contributed by atoms with Crippen molar-refractivity contribution < 1.29 is 0 Å². The fourth-order valence-corrected chi connectivity index (χ4v) is 9.42. The summed E-state index contributed by atoms with van der Waals surface area (Å²) >= 11 is 0. The van der Waals surface area contributed by atoms with Gasteiger partial charge in [-0.1, -0.05) is 159 Å². The van der Waals surface area contributed by atoms with Crippen LogP contribution in [-0.2, 0) is 5.41 Å². The zero-order valence-corrected chi connectivity index (χ0v) is 33.2. The molecule has 1 aromatic heterocycles. The Morgan fingerprint density at radius 2 is 0.881 bits per heavy atom. The third-order valence-electron chi connectivity index (χ3n) is 12.4. The van der Waals surface area contributed by atoms with Gasteiger partial charge in [-0.25, -0.2) is 0 Å². The van der Waals surface area contributed by atoms with E-state index in [0.717, 1.165) is 17.1 Å². The van der Waals surface area contributed by atoms with Crippen molar-refractivity contribution in [1.82, 2.24) is 4.57 Å². The lowest BCUT2D eigenvalue weighted by atomic mass is 9.82. The minimum absolute atomic E-state index is 0.114. The molecule has 11 rings (SSSR count). The maximum absolute atomic E-state index is 2.42. The Bertz CT molecular complexity index is 3170. The highest BCUT2D eigenvalue weighted by atomic mass is 15.1. The van der Waals surface area contributed by atoms with Crippen LogP contribution in [-0.4, -0.2) is 4.57 Å². The highest BCUT2D eigenvalue weighted by Gasteiger charge is 2.35. The van der Waals surface area contributed by atoms with Crippen molar-refractivity contribution >= 4 is 38.9 Å². The first-order valence-electron chi connectivity index (χ1n) is 20.5. The van der Waals surface area contributed by atoms with Gasteiger partial charge in [0.2, 0.25) is 0 Å². The van der Waals surface area contributed by atoms with Gasteiger partial charge in [0, 0.05) is 38.9 Å². The summed E-state index contributed by atoms with van der Waals surface area (Å²) in [6.07, 6.45) is 0. The van der Waals surface area contributed by atoms with E-state index in [4.69, 9.17) is 0 Å².